The van der Waals surface area contributed by atoms with Gasteiger partial charge in [-0.2, -0.15) is 0 Å². The van der Waals surface area contributed by atoms with Crippen LogP contribution in [0.5, 0.6) is 11.5 Å². The molecule has 0 unspecified atom stereocenters. The fourth-order valence-corrected chi connectivity index (χ4v) is 3.80. The number of carboxylic acids is 1. The summed E-state index contributed by atoms with van der Waals surface area (Å²) >= 11 is 0. The molecule has 1 aliphatic heterocycles. The first-order chi connectivity index (χ1) is 15.3. The van der Waals surface area contributed by atoms with E-state index in [0.717, 1.165) is 17.6 Å². The fourth-order valence-electron chi connectivity index (χ4n) is 3.80. The van der Waals surface area contributed by atoms with E-state index >= 15 is 0 Å². The molecule has 6 nitrogen and oxygen atoms in total. The van der Waals surface area contributed by atoms with Gasteiger partial charge in [-0.15, -0.1) is 0 Å². The lowest BCUT2D eigenvalue weighted by Crippen LogP contribution is -2.26. The maximum Gasteiger partial charge on any atom is 0.330 e. The molecule has 0 aromatic heterocycles. The third-order valence-electron chi connectivity index (χ3n) is 5.85. The molecule has 168 valence electrons. The molecule has 0 fully saturated rings. The number of benzene rings is 2. The van der Waals surface area contributed by atoms with E-state index in [1.165, 1.54) is 6.07 Å². The summed E-state index contributed by atoms with van der Waals surface area (Å²) in [6, 6.07) is 11.4. The van der Waals surface area contributed by atoms with Gasteiger partial charge < -0.3 is 20.2 Å². The first-order valence-electron chi connectivity index (χ1n) is 10.7. The molecule has 1 aliphatic rings. The molecular weight excluding hydrogens is 406 g/mol. The van der Waals surface area contributed by atoms with Gasteiger partial charge >= 0.3 is 5.97 Å². The van der Waals surface area contributed by atoms with E-state index in [1.54, 1.807) is 17.9 Å². The van der Waals surface area contributed by atoms with Crippen LogP contribution in [0.2, 0.25) is 0 Å². The molecule has 0 atom stereocenters. The number of rotatable bonds is 9. The summed E-state index contributed by atoms with van der Waals surface area (Å²) in [5.41, 5.74) is 3.79. The third-order valence-corrected chi connectivity index (χ3v) is 5.85. The van der Waals surface area contributed by atoms with Gasteiger partial charge in [-0.25, -0.2) is 4.79 Å². The number of hydrogen-bond donors (Lipinski definition) is 3. The van der Waals surface area contributed by atoms with Gasteiger partial charge in [0.2, 0.25) is 0 Å². The summed E-state index contributed by atoms with van der Waals surface area (Å²) < 4.78 is 0. The molecule has 3 N–H and O–H groups in total. The van der Waals surface area contributed by atoms with Crippen LogP contribution < -0.4 is 0 Å². The number of aliphatic carboxylic acids is 1. The number of amides is 1. The van der Waals surface area contributed by atoms with Gasteiger partial charge in [-0.1, -0.05) is 48.1 Å². The van der Waals surface area contributed by atoms with Gasteiger partial charge in [0, 0.05) is 23.2 Å². The van der Waals surface area contributed by atoms with Crippen molar-refractivity contribution >= 4 is 11.9 Å². The highest BCUT2D eigenvalue weighted by Gasteiger charge is 2.31. The molecule has 2 aromatic rings. The molecule has 1 amide bonds. The minimum absolute atomic E-state index is 0.0266. The van der Waals surface area contributed by atoms with Crippen molar-refractivity contribution in [3.63, 3.8) is 0 Å². The lowest BCUT2D eigenvalue weighted by atomic mass is 9.99. The lowest BCUT2D eigenvalue weighted by Gasteiger charge is -2.15. The van der Waals surface area contributed by atoms with Crippen LogP contribution in [0.1, 0.15) is 53.7 Å². The summed E-state index contributed by atoms with van der Waals surface area (Å²) in [7, 11) is 0. The average Bonchev–Trinajstić information content (AvgIpc) is 3.08. The van der Waals surface area contributed by atoms with Gasteiger partial charge in [0.25, 0.3) is 5.91 Å². The van der Waals surface area contributed by atoms with Crippen LogP contribution in [0.3, 0.4) is 0 Å². The Morgan fingerprint density at radius 1 is 1.12 bits per heavy atom. The molecule has 0 bridgehead atoms. The quantitative estimate of drug-likeness (QED) is 0.395. The van der Waals surface area contributed by atoms with Crippen molar-refractivity contribution in [3.8, 4) is 11.5 Å². The van der Waals surface area contributed by atoms with Crippen molar-refractivity contribution in [1.82, 2.24) is 4.90 Å². The lowest BCUT2D eigenvalue weighted by molar-refractivity contribution is -0.132. The second-order valence-corrected chi connectivity index (χ2v) is 8.20. The normalized spacial score (nSPS) is 14.1. The number of nitrogens with zero attached hydrogens (tertiary/aromatic N) is 1. The SMILES string of the molecule is CC(=CCc1c(O)cc2c(c1O)CN(CCc1ccccc1)C2=O)CCC=C(C)C(=O)O. The second-order valence-electron chi connectivity index (χ2n) is 8.20. The van der Waals surface area contributed by atoms with Gasteiger partial charge in [0.05, 0.1) is 12.1 Å². The van der Waals surface area contributed by atoms with Crippen molar-refractivity contribution in [1.29, 1.82) is 0 Å². The monoisotopic (exact) mass is 435 g/mol. The minimum atomic E-state index is -0.924. The topological polar surface area (TPSA) is 98.1 Å². The molecule has 0 spiro atoms. The number of carbonyl (C=O) groups excluding carboxylic acids is 1. The molecule has 0 saturated carbocycles. The van der Waals surface area contributed by atoms with Crippen molar-refractivity contribution < 1.29 is 24.9 Å². The zero-order valence-electron chi connectivity index (χ0n) is 18.5. The molecule has 32 heavy (non-hydrogen) atoms. The summed E-state index contributed by atoms with van der Waals surface area (Å²) in [4.78, 5) is 25.3. The summed E-state index contributed by atoms with van der Waals surface area (Å²) in [5, 5.41) is 30.1. The Labute approximate surface area is 188 Å². The maximum atomic E-state index is 12.8. The number of hydrogen-bond acceptors (Lipinski definition) is 4. The number of aromatic hydroxyl groups is 2. The van der Waals surface area contributed by atoms with Crippen LogP contribution in [0, 0.1) is 0 Å². The third kappa shape index (κ3) is 5.38. The van der Waals surface area contributed by atoms with E-state index < -0.39 is 5.97 Å². The molecule has 2 aromatic carbocycles. The first-order valence-corrected chi connectivity index (χ1v) is 10.7. The largest absolute Gasteiger partial charge is 0.507 e. The zero-order chi connectivity index (χ0) is 23.3. The predicted molar refractivity (Wildman–Crippen MR) is 123 cm³/mol. The second kappa shape index (κ2) is 10.2. The van der Waals surface area contributed by atoms with Crippen molar-refractivity contribution in [3.05, 3.63) is 82.0 Å². The highest BCUT2D eigenvalue weighted by Crippen LogP contribution is 2.39. The van der Waals surface area contributed by atoms with Crippen LogP contribution in [0.25, 0.3) is 0 Å². The number of carboxylic acid groups (broad SMARTS) is 1. The molecule has 0 radical (unpaired) electrons. The van der Waals surface area contributed by atoms with Crippen LogP contribution in [-0.4, -0.2) is 38.6 Å². The van der Waals surface area contributed by atoms with E-state index in [1.807, 2.05) is 43.3 Å². The molecule has 0 aliphatic carbocycles. The fraction of sp³-hybridized carbons (Fsp3) is 0.308. The van der Waals surface area contributed by atoms with Gasteiger partial charge in [0.1, 0.15) is 11.5 Å². The van der Waals surface area contributed by atoms with E-state index in [2.05, 4.69) is 0 Å². The number of fused-ring (bicyclic) bond motifs is 1. The molecular formula is C26H29NO5. The van der Waals surface area contributed by atoms with Gasteiger partial charge in [0.15, 0.2) is 0 Å². The van der Waals surface area contributed by atoms with Crippen LogP contribution in [0.15, 0.2) is 59.7 Å². The number of carbonyl (C=O) groups is 2. The summed E-state index contributed by atoms with van der Waals surface area (Å²) in [6.07, 6.45) is 5.93. The zero-order valence-corrected chi connectivity index (χ0v) is 18.5. The molecule has 1 heterocycles. The van der Waals surface area contributed by atoms with E-state index in [4.69, 9.17) is 5.11 Å². The maximum absolute atomic E-state index is 12.8. The highest BCUT2D eigenvalue weighted by atomic mass is 16.4. The molecule has 0 saturated heterocycles. The van der Waals surface area contributed by atoms with Gasteiger partial charge in [-0.3, -0.25) is 4.79 Å². The Kier molecular flexibility index (Phi) is 7.36. The standard InChI is InChI=1S/C26H29NO5/c1-17(7-6-8-18(2)26(31)32)11-12-20-23(28)15-21-22(24(20)29)16-27(25(21)30)14-13-19-9-4-3-5-10-19/h3-5,8-11,15,28-29H,6-7,12-14,16H2,1-2H3,(H,31,32). The van der Waals surface area contributed by atoms with E-state index in [-0.39, 0.29) is 17.4 Å². The van der Waals surface area contributed by atoms with Crippen molar-refractivity contribution in [2.75, 3.05) is 6.54 Å². The summed E-state index contributed by atoms with van der Waals surface area (Å²) in [5.74, 6) is -1.22. The Hall–Kier alpha value is -3.54. The van der Waals surface area contributed by atoms with Crippen LogP contribution in [0.4, 0.5) is 0 Å². The van der Waals surface area contributed by atoms with E-state index in [0.29, 0.717) is 54.6 Å². The Morgan fingerprint density at radius 3 is 2.53 bits per heavy atom. The Bertz CT molecular complexity index is 1070. The van der Waals surface area contributed by atoms with Crippen molar-refractivity contribution in [2.24, 2.45) is 0 Å². The number of phenols is 2. The molecule has 3 rings (SSSR count). The first kappa shape index (κ1) is 23.1. The smallest absolute Gasteiger partial charge is 0.330 e. The van der Waals surface area contributed by atoms with Gasteiger partial charge in [-0.05, 0) is 51.2 Å². The van der Waals surface area contributed by atoms with Crippen LogP contribution >= 0.6 is 0 Å². The molecule has 6 heteroatoms. The Morgan fingerprint density at radius 2 is 1.84 bits per heavy atom. The van der Waals surface area contributed by atoms with Crippen molar-refractivity contribution in [2.45, 2.75) is 46.1 Å². The van der Waals surface area contributed by atoms with E-state index in [9.17, 15) is 19.8 Å². The number of allylic oxidation sites excluding steroid dienone is 3. The Balaban J connectivity index is 1.68. The number of phenolic OH excluding ortho intramolecular Hbond substituents is 2. The average molecular weight is 436 g/mol. The summed E-state index contributed by atoms with van der Waals surface area (Å²) in [6.45, 7) is 4.35. The predicted octanol–water partition coefficient (Wildman–Crippen LogP) is 4.60. The minimum Gasteiger partial charge on any atom is -0.507 e. The van der Waals surface area contributed by atoms with Crippen LogP contribution in [-0.2, 0) is 24.2 Å². The highest BCUT2D eigenvalue weighted by molar-refractivity contribution is 6.00.